The molecule has 0 radical (unpaired) electrons. The topological polar surface area (TPSA) is 20.2 Å². The van der Waals surface area contributed by atoms with Crippen molar-refractivity contribution in [3.8, 4) is 5.75 Å². The van der Waals surface area contributed by atoms with Crippen LogP contribution >= 0.6 is 0 Å². The molecule has 0 saturated carbocycles. The van der Waals surface area contributed by atoms with Crippen molar-refractivity contribution in [2.45, 2.75) is 45.4 Å². The van der Waals surface area contributed by atoms with Crippen molar-refractivity contribution in [2.24, 2.45) is 0 Å². The summed E-state index contributed by atoms with van der Waals surface area (Å²) in [4.78, 5) is 0. The van der Waals surface area contributed by atoms with Gasteiger partial charge in [0.05, 0.1) is 0 Å². The molecule has 1 nitrogen and oxygen atoms in total. The van der Waals surface area contributed by atoms with Crippen molar-refractivity contribution >= 4 is 0 Å². The minimum absolute atomic E-state index is 0.504. The third-order valence-electron chi connectivity index (χ3n) is 3.17. The van der Waals surface area contributed by atoms with E-state index >= 15 is 0 Å². The molecule has 0 saturated heterocycles. The molecule has 0 heterocycles. The molecule has 0 unspecified atom stereocenters. The van der Waals surface area contributed by atoms with Crippen LogP contribution in [0.15, 0.2) is 12.1 Å². The van der Waals surface area contributed by atoms with Crippen LogP contribution in [-0.2, 0) is 12.8 Å². The summed E-state index contributed by atoms with van der Waals surface area (Å²) in [5.74, 6) is 1.08. The molecular weight excluding hydrogens is 172 g/mol. The molecule has 1 aliphatic rings. The normalized spacial score (nSPS) is 15.6. The maximum atomic E-state index is 9.76. The minimum Gasteiger partial charge on any atom is -0.508 e. The first-order valence-corrected chi connectivity index (χ1v) is 5.53. The lowest BCUT2D eigenvalue weighted by Crippen LogP contribution is -2.07. The molecule has 14 heavy (non-hydrogen) atoms. The fraction of sp³-hybridized carbons (Fsp3) is 0.538. The van der Waals surface area contributed by atoms with Crippen LogP contribution in [0.2, 0.25) is 0 Å². The summed E-state index contributed by atoms with van der Waals surface area (Å²) in [5, 5.41) is 9.76. The lowest BCUT2D eigenvalue weighted by molar-refractivity contribution is 0.461. The third kappa shape index (κ3) is 1.52. The Labute approximate surface area is 85.8 Å². The summed E-state index contributed by atoms with van der Waals surface area (Å²) in [6.07, 6.45) is 4.71. The number of hydrogen-bond acceptors (Lipinski definition) is 1. The minimum atomic E-state index is 0.504. The zero-order valence-electron chi connectivity index (χ0n) is 9.01. The lowest BCUT2D eigenvalue weighted by Gasteiger charge is -2.22. The van der Waals surface area contributed by atoms with Gasteiger partial charge in [-0.25, -0.2) is 0 Å². The van der Waals surface area contributed by atoms with Crippen LogP contribution in [0, 0.1) is 0 Å². The molecule has 76 valence electrons. The van der Waals surface area contributed by atoms with Gasteiger partial charge < -0.3 is 5.11 Å². The van der Waals surface area contributed by atoms with E-state index in [1.807, 2.05) is 6.07 Å². The number of phenolic OH excluding ortho intramolecular Hbond substituents is 1. The molecule has 1 aromatic rings. The number of benzene rings is 1. The summed E-state index contributed by atoms with van der Waals surface area (Å²) in [7, 11) is 0. The maximum Gasteiger partial charge on any atom is 0.119 e. The van der Waals surface area contributed by atoms with Crippen molar-refractivity contribution in [3.05, 3.63) is 28.8 Å². The van der Waals surface area contributed by atoms with Crippen LogP contribution in [0.25, 0.3) is 0 Å². The highest BCUT2D eigenvalue weighted by atomic mass is 16.3. The predicted octanol–water partition coefficient (Wildman–Crippen LogP) is 3.39. The Hall–Kier alpha value is -0.980. The number of aromatic hydroxyl groups is 1. The largest absolute Gasteiger partial charge is 0.508 e. The number of phenols is 1. The summed E-state index contributed by atoms with van der Waals surface area (Å²) in [5.41, 5.74) is 4.06. The highest BCUT2D eigenvalue weighted by Gasteiger charge is 2.17. The van der Waals surface area contributed by atoms with Gasteiger partial charge in [-0.15, -0.1) is 0 Å². The van der Waals surface area contributed by atoms with E-state index < -0.39 is 0 Å². The van der Waals surface area contributed by atoms with Crippen LogP contribution < -0.4 is 0 Å². The van der Waals surface area contributed by atoms with E-state index in [-0.39, 0.29) is 0 Å². The molecule has 0 fully saturated rings. The Morgan fingerprint density at radius 1 is 1.07 bits per heavy atom. The SMILES string of the molecule is CC(C)c1ccc(O)c2c1CCCC2. The van der Waals surface area contributed by atoms with Crippen molar-refractivity contribution < 1.29 is 5.11 Å². The highest BCUT2D eigenvalue weighted by molar-refractivity contribution is 5.46. The Kier molecular flexibility index (Phi) is 2.49. The Morgan fingerprint density at radius 2 is 1.71 bits per heavy atom. The molecule has 1 heteroatoms. The molecule has 1 N–H and O–H groups in total. The number of rotatable bonds is 1. The van der Waals surface area contributed by atoms with Crippen molar-refractivity contribution in [1.82, 2.24) is 0 Å². The summed E-state index contributed by atoms with van der Waals surface area (Å²) < 4.78 is 0. The zero-order valence-corrected chi connectivity index (χ0v) is 9.01. The van der Waals surface area contributed by atoms with Crippen LogP contribution in [-0.4, -0.2) is 5.11 Å². The van der Waals surface area contributed by atoms with Crippen LogP contribution in [0.5, 0.6) is 5.75 Å². The summed E-state index contributed by atoms with van der Waals surface area (Å²) >= 11 is 0. The standard InChI is InChI=1S/C13H18O/c1-9(2)10-7-8-13(14)12-6-4-3-5-11(10)12/h7-9,14H,3-6H2,1-2H3. The maximum absolute atomic E-state index is 9.76. The molecule has 0 aliphatic heterocycles. The molecule has 0 atom stereocenters. The van der Waals surface area contributed by atoms with Crippen molar-refractivity contribution in [3.63, 3.8) is 0 Å². The Balaban J connectivity index is 2.53. The van der Waals surface area contributed by atoms with Gasteiger partial charge in [0.2, 0.25) is 0 Å². The van der Waals surface area contributed by atoms with E-state index in [1.165, 1.54) is 29.5 Å². The first kappa shape index (κ1) is 9.57. The van der Waals surface area contributed by atoms with Gasteiger partial charge in [-0.1, -0.05) is 19.9 Å². The zero-order chi connectivity index (χ0) is 10.1. The monoisotopic (exact) mass is 190 g/mol. The van der Waals surface area contributed by atoms with E-state index in [1.54, 1.807) is 0 Å². The van der Waals surface area contributed by atoms with Crippen LogP contribution in [0.1, 0.15) is 49.3 Å². The van der Waals surface area contributed by atoms with E-state index in [0.29, 0.717) is 11.7 Å². The fourth-order valence-electron chi connectivity index (χ4n) is 2.42. The van der Waals surface area contributed by atoms with E-state index in [2.05, 4.69) is 19.9 Å². The average Bonchev–Trinajstić information content (AvgIpc) is 2.18. The van der Waals surface area contributed by atoms with E-state index in [0.717, 1.165) is 12.8 Å². The summed E-state index contributed by atoms with van der Waals surface area (Å²) in [6.45, 7) is 4.45. The van der Waals surface area contributed by atoms with E-state index in [9.17, 15) is 5.11 Å². The lowest BCUT2D eigenvalue weighted by atomic mass is 9.84. The Bertz CT molecular complexity index is 339. The van der Waals surface area contributed by atoms with Crippen molar-refractivity contribution in [1.29, 1.82) is 0 Å². The second kappa shape index (κ2) is 3.64. The second-order valence-corrected chi connectivity index (χ2v) is 4.49. The fourth-order valence-corrected chi connectivity index (χ4v) is 2.42. The molecule has 0 amide bonds. The molecule has 1 aliphatic carbocycles. The average molecular weight is 190 g/mol. The molecule has 2 rings (SSSR count). The highest BCUT2D eigenvalue weighted by Crippen LogP contribution is 2.34. The van der Waals surface area contributed by atoms with Crippen LogP contribution in [0.3, 0.4) is 0 Å². The van der Waals surface area contributed by atoms with Gasteiger partial charge in [0.15, 0.2) is 0 Å². The second-order valence-electron chi connectivity index (χ2n) is 4.49. The molecule has 0 aromatic heterocycles. The molecule has 1 aromatic carbocycles. The van der Waals surface area contributed by atoms with Gasteiger partial charge in [0, 0.05) is 0 Å². The quantitative estimate of drug-likeness (QED) is 0.719. The molecule has 0 spiro atoms. The van der Waals surface area contributed by atoms with Gasteiger partial charge in [0.25, 0.3) is 0 Å². The van der Waals surface area contributed by atoms with Gasteiger partial charge in [-0.3, -0.25) is 0 Å². The Morgan fingerprint density at radius 3 is 2.36 bits per heavy atom. The van der Waals surface area contributed by atoms with Gasteiger partial charge in [0.1, 0.15) is 5.75 Å². The molecular formula is C13H18O. The van der Waals surface area contributed by atoms with Crippen LogP contribution in [0.4, 0.5) is 0 Å². The smallest absolute Gasteiger partial charge is 0.119 e. The first-order valence-electron chi connectivity index (χ1n) is 5.53. The first-order chi connectivity index (χ1) is 6.70. The number of fused-ring (bicyclic) bond motifs is 1. The van der Waals surface area contributed by atoms with Gasteiger partial charge in [-0.2, -0.15) is 0 Å². The molecule has 0 bridgehead atoms. The van der Waals surface area contributed by atoms with Gasteiger partial charge in [-0.05, 0) is 54.4 Å². The predicted molar refractivity (Wildman–Crippen MR) is 58.8 cm³/mol. The number of hydrogen-bond donors (Lipinski definition) is 1. The summed E-state index contributed by atoms with van der Waals surface area (Å²) in [6, 6.07) is 3.95. The van der Waals surface area contributed by atoms with Crippen molar-refractivity contribution in [2.75, 3.05) is 0 Å². The van der Waals surface area contributed by atoms with Gasteiger partial charge >= 0.3 is 0 Å². The third-order valence-corrected chi connectivity index (χ3v) is 3.17. The van der Waals surface area contributed by atoms with E-state index in [4.69, 9.17) is 0 Å².